The van der Waals surface area contributed by atoms with E-state index in [1.165, 1.54) is 0 Å². The zero-order chi connectivity index (χ0) is 15.0. The normalized spacial score (nSPS) is 17.2. The largest absolute Gasteiger partial charge is 0.480 e. The molecule has 0 aromatic carbocycles. The summed E-state index contributed by atoms with van der Waals surface area (Å²) >= 11 is 0. The molecule has 114 valence electrons. The summed E-state index contributed by atoms with van der Waals surface area (Å²) in [6, 6.07) is -1.54. The maximum absolute atomic E-state index is 12.0. The molecule has 0 saturated heterocycles. The summed E-state index contributed by atoms with van der Waals surface area (Å²) in [6.07, 6.45) is 5.59. The average Bonchev–Trinajstić information content (AvgIpc) is 2.42. The fourth-order valence-electron chi connectivity index (χ4n) is 2.43. The molecule has 0 bridgehead atoms. The molecule has 7 nitrogen and oxygen atoms in total. The van der Waals surface area contributed by atoms with Crippen molar-refractivity contribution >= 4 is 17.9 Å². The maximum atomic E-state index is 12.0. The highest BCUT2D eigenvalue weighted by Crippen LogP contribution is 2.23. The van der Waals surface area contributed by atoms with Crippen molar-refractivity contribution in [2.24, 2.45) is 11.7 Å². The molecule has 0 aromatic rings. The number of nitrogens with one attached hydrogen (secondary N) is 2. The van der Waals surface area contributed by atoms with Crippen molar-refractivity contribution in [3.05, 3.63) is 0 Å². The van der Waals surface area contributed by atoms with Gasteiger partial charge in [0.15, 0.2) is 0 Å². The molecule has 1 fully saturated rings. The van der Waals surface area contributed by atoms with E-state index in [1.54, 1.807) is 0 Å². The number of nitrogens with two attached hydrogens (primary N) is 1. The fraction of sp³-hybridized carbons (Fsp3) is 0.769. The lowest BCUT2D eigenvalue weighted by Gasteiger charge is -2.23. The second kappa shape index (κ2) is 8.39. The monoisotopic (exact) mass is 285 g/mol. The third-order valence-corrected chi connectivity index (χ3v) is 3.56. The van der Waals surface area contributed by atoms with Crippen molar-refractivity contribution < 1.29 is 19.5 Å². The molecular weight excluding hydrogens is 262 g/mol. The lowest BCUT2D eigenvalue weighted by molar-refractivity contribution is -0.142. The van der Waals surface area contributed by atoms with Crippen LogP contribution in [0, 0.1) is 5.92 Å². The van der Waals surface area contributed by atoms with Gasteiger partial charge >= 0.3 is 12.0 Å². The molecule has 1 atom stereocenters. The lowest BCUT2D eigenvalue weighted by Crippen LogP contribution is -2.44. The Bertz CT molecular complexity index is 354. The number of urea groups is 1. The summed E-state index contributed by atoms with van der Waals surface area (Å²) in [5.41, 5.74) is 4.91. The summed E-state index contributed by atoms with van der Waals surface area (Å²) in [5.74, 6) is -1.28. The Morgan fingerprint density at radius 3 is 2.40 bits per heavy atom. The SMILES string of the molecule is NC(=O)NCCC[C@H](NC(=O)C1CCCCC1)C(=O)O. The molecule has 0 radical (unpaired) electrons. The Hall–Kier alpha value is -1.79. The molecule has 0 unspecified atom stereocenters. The van der Waals surface area contributed by atoms with Gasteiger partial charge in [-0.15, -0.1) is 0 Å². The number of carboxylic acids is 1. The molecule has 0 heterocycles. The number of amides is 3. The van der Waals surface area contributed by atoms with Gasteiger partial charge in [-0.3, -0.25) is 4.79 Å². The molecule has 5 N–H and O–H groups in total. The van der Waals surface area contributed by atoms with Crippen molar-refractivity contribution in [1.82, 2.24) is 10.6 Å². The van der Waals surface area contributed by atoms with Crippen LogP contribution in [0.5, 0.6) is 0 Å². The van der Waals surface area contributed by atoms with E-state index >= 15 is 0 Å². The van der Waals surface area contributed by atoms with Gasteiger partial charge in [0, 0.05) is 12.5 Å². The number of carboxylic acid groups (broad SMARTS) is 1. The minimum atomic E-state index is -1.05. The lowest BCUT2D eigenvalue weighted by atomic mass is 9.88. The van der Waals surface area contributed by atoms with Crippen LogP contribution in [0.25, 0.3) is 0 Å². The van der Waals surface area contributed by atoms with E-state index in [0.29, 0.717) is 13.0 Å². The van der Waals surface area contributed by atoms with E-state index in [2.05, 4.69) is 10.6 Å². The first-order valence-corrected chi connectivity index (χ1v) is 7.07. The van der Waals surface area contributed by atoms with Gasteiger partial charge in [-0.1, -0.05) is 19.3 Å². The van der Waals surface area contributed by atoms with Gasteiger partial charge in [-0.05, 0) is 25.7 Å². The van der Waals surface area contributed by atoms with E-state index in [-0.39, 0.29) is 18.2 Å². The smallest absolute Gasteiger partial charge is 0.326 e. The van der Waals surface area contributed by atoms with Gasteiger partial charge < -0.3 is 21.5 Å². The Labute approximate surface area is 118 Å². The predicted octanol–water partition coefficient (Wildman–Crippen LogP) is 0.585. The highest BCUT2D eigenvalue weighted by atomic mass is 16.4. The van der Waals surface area contributed by atoms with Crippen LogP contribution >= 0.6 is 0 Å². The van der Waals surface area contributed by atoms with Crippen LogP contribution in [0.3, 0.4) is 0 Å². The number of carbonyl (C=O) groups is 3. The van der Waals surface area contributed by atoms with Crippen LogP contribution < -0.4 is 16.4 Å². The van der Waals surface area contributed by atoms with E-state index in [4.69, 9.17) is 10.8 Å². The first-order chi connectivity index (χ1) is 9.50. The van der Waals surface area contributed by atoms with Gasteiger partial charge in [0.25, 0.3) is 0 Å². The summed E-state index contributed by atoms with van der Waals surface area (Å²) in [6.45, 7) is 0.304. The standard InChI is InChI=1S/C13H23N3O4/c14-13(20)15-8-4-7-10(12(18)19)16-11(17)9-5-2-1-3-6-9/h9-10H,1-8H2,(H,16,17)(H,18,19)(H3,14,15,20)/t10-/m0/s1. The molecule has 7 heteroatoms. The van der Waals surface area contributed by atoms with Gasteiger partial charge in [-0.25, -0.2) is 9.59 Å². The summed E-state index contributed by atoms with van der Waals surface area (Å²) < 4.78 is 0. The van der Waals surface area contributed by atoms with Gasteiger partial charge in [-0.2, -0.15) is 0 Å². The number of hydrogen-bond donors (Lipinski definition) is 4. The third-order valence-electron chi connectivity index (χ3n) is 3.56. The Kier molecular flexibility index (Phi) is 6.83. The van der Waals surface area contributed by atoms with Crippen molar-refractivity contribution in [1.29, 1.82) is 0 Å². The van der Waals surface area contributed by atoms with Crippen molar-refractivity contribution in [2.75, 3.05) is 6.54 Å². The number of carbonyl (C=O) groups excluding carboxylic acids is 2. The number of aliphatic carboxylic acids is 1. The quantitative estimate of drug-likeness (QED) is 0.511. The summed E-state index contributed by atoms with van der Waals surface area (Å²) in [5, 5.41) is 14.1. The van der Waals surface area contributed by atoms with E-state index in [1.807, 2.05) is 0 Å². The van der Waals surface area contributed by atoms with Crippen LogP contribution in [0.15, 0.2) is 0 Å². The molecule has 20 heavy (non-hydrogen) atoms. The molecule has 1 aliphatic carbocycles. The fourth-order valence-corrected chi connectivity index (χ4v) is 2.43. The molecule has 0 aliphatic heterocycles. The highest BCUT2D eigenvalue weighted by Gasteiger charge is 2.26. The van der Waals surface area contributed by atoms with Crippen molar-refractivity contribution in [3.63, 3.8) is 0 Å². The minimum Gasteiger partial charge on any atom is -0.480 e. The Morgan fingerprint density at radius 1 is 1.20 bits per heavy atom. The maximum Gasteiger partial charge on any atom is 0.326 e. The molecular formula is C13H23N3O4. The predicted molar refractivity (Wildman–Crippen MR) is 73.0 cm³/mol. The summed E-state index contributed by atoms with van der Waals surface area (Å²) in [4.78, 5) is 33.6. The molecule has 1 saturated carbocycles. The Morgan fingerprint density at radius 2 is 1.85 bits per heavy atom. The van der Waals surface area contributed by atoms with Crippen molar-refractivity contribution in [2.45, 2.75) is 51.0 Å². The molecule has 1 rings (SSSR count). The average molecular weight is 285 g/mol. The van der Waals surface area contributed by atoms with Gasteiger partial charge in [0.2, 0.25) is 5.91 Å². The number of hydrogen-bond acceptors (Lipinski definition) is 3. The van der Waals surface area contributed by atoms with E-state index < -0.39 is 18.0 Å². The first-order valence-electron chi connectivity index (χ1n) is 7.07. The third kappa shape index (κ3) is 5.90. The zero-order valence-electron chi connectivity index (χ0n) is 11.6. The van der Waals surface area contributed by atoms with Gasteiger partial charge in [0.05, 0.1) is 0 Å². The second-order valence-corrected chi connectivity index (χ2v) is 5.17. The topological polar surface area (TPSA) is 122 Å². The van der Waals surface area contributed by atoms with Crippen LogP contribution in [0.1, 0.15) is 44.9 Å². The molecule has 0 aromatic heterocycles. The van der Waals surface area contributed by atoms with Crippen LogP contribution in [-0.2, 0) is 9.59 Å². The number of rotatable bonds is 7. The van der Waals surface area contributed by atoms with Crippen LogP contribution in [0.4, 0.5) is 4.79 Å². The van der Waals surface area contributed by atoms with Crippen LogP contribution in [0.2, 0.25) is 0 Å². The van der Waals surface area contributed by atoms with E-state index in [0.717, 1.165) is 32.1 Å². The van der Waals surface area contributed by atoms with E-state index in [9.17, 15) is 14.4 Å². The van der Waals surface area contributed by atoms with Crippen LogP contribution in [-0.4, -0.2) is 35.6 Å². The molecule has 0 spiro atoms. The second-order valence-electron chi connectivity index (χ2n) is 5.17. The molecule has 1 aliphatic rings. The minimum absolute atomic E-state index is 0.0608. The summed E-state index contributed by atoms with van der Waals surface area (Å²) in [7, 11) is 0. The molecule has 3 amide bonds. The number of primary amides is 1. The van der Waals surface area contributed by atoms with Crippen molar-refractivity contribution in [3.8, 4) is 0 Å². The Balaban J connectivity index is 2.35. The van der Waals surface area contributed by atoms with Gasteiger partial charge in [0.1, 0.15) is 6.04 Å². The zero-order valence-corrected chi connectivity index (χ0v) is 11.6. The first kappa shape index (κ1) is 16.3. The highest BCUT2D eigenvalue weighted by molar-refractivity contribution is 5.85.